The van der Waals surface area contributed by atoms with E-state index in [9.17, 15) is 15.0 Å². The van der Waals surface area contributed by atoms with Crippen molar-refractivity contribution >= 4 is 28.5 Å². The molecule has 4 N–H and O–H groups in total. The number of thioether (sulfide) groups is 1. The summed E-state index contributed by atoms with van der Waals surface area (Å²) in [5.41, 5.74) is 1.79. The molecular formula is C21H28N6O3S. The molecule has 166 valence electrons. The van der Waals surface area contributed by atoms with E-state index in [1.54, 1.807) is 10.9 Å². The van der Waals surface area contributed by atoms with Crippen LogP contribution in [0.1, 0.15) is 6.42 Å². The number of amidine groups is 1. The van der Waals surface area contributed by atoms with Gasteiger partial charge in [-0.25, -0.2) is 4.68 Å². The number of aromatic nitrogens is 2. The predicted molar refractivity (Wildman–Crippen MR) is 121 cm³/mol. The van der Waals surface area contributed by atoms with Gasteiger partial charge in [0.25, 0.3) is 0 Å². The largest absolute Gasteiger partial charge is 0.390 e. The number of fused-ring (bicyclic) bond motifs is 1. The van der Waals surface area contributed by atoms with E-state index < -0.39 is 24.2 Å². The van der Waals surface area contributed by atoms with Crippen LogP contribution in [0.25, 0.3) is 5.69 Å². The minimum atomic E-state index is -0.982. The molecule has 1 aromatic heterocycles. The summed E-state index contributed by atoms with van der Waals surface area (Å²) in [6.45, 7) is 1.28. The third kappa shape index (κ3) is 4.93. The van der Waals surface area contributed by atoms with E-state index in [1.807, 2.05) is 55.5 Å². The highest BCUT2D eigenvalue weighted by atomic mass is 32.2. The van der Waals surface area contributed by atoms with Crippen LogP contribution in [0.5, 0.6) is 0 Å². The van der Waals surface area contributed by atoms with Gasteiger partial charge in [-0.05, 0) is 50.8 Å². The van der Waals surface area contributed by atoms with Crippen LogP contribution < -0.4 is 10.6 Å². The van der Waals surface area contributed by atoms with E-state index in [0.717, 1.165) is 17.9 Å². The van der Waals surface area contributed by atoms with Crippen molar-refractivity contribution in [1.29, 1.82) is 0 Å². The Morgan fingerprint density at radius 1 is 1.29 bits per heavy atom. The maximum Gasteiger partial charge on any atom is 0.224 e. The Morgan fingerprint density at radius 3 is 2.74 bits per heavy atom. The Kier molecular flexibility index (Phi) is 6.61. The van der Waals surface area contributed by atoms with E-state index in [2.05, 4.69) is 20.7 Å². The lowest BCUT2D eigenvalue weighted by atomic mass is 9.81. The molecule has 1 fully saturated rings. The molecule has 1 aliphatic heterocycles. The molecule has 1 saturated carbocycles. The van der Waals surface area contributed by atoms with Crippen LogP contribution in [-0.4, -0.2) is 86.7 Å². The molecule has 1 amide bonds. The van der Waals surface area contributed by atoms with Crippen LogP contribution in [0.3, 0.4) is 0 Å². The van der Waals surface area contributed by atoms with E-state index >= 15 is 0 Å². The summed E-state index contributed by atoms with van der Waals surface area (Å²) in [4.78, 5) is 19.4. The van der Waals surface area contributed by atoms with Gasteiger partial charge in [-0.15, -0.1) is 0 Å². The zero-order valence-electron chi connectivity index (χ0n) is 17.5. The quantitative estimate of drug-likeness (QED) is 0.514. The number of likely N-dealkylation sites (N-methyl/N-ethyl adjacent to an activating group) is 1. The Bertz CT molecular complexity index is 918. The average molecular weight is 445 g/mol. The Morgan fingerprint density at radius 2 is 2.06 bits per heavy atom. The van der Waals surface area contributed by atoms with Crippen molar-refractivity contribution in [2.24, 2.45) is 10.9 Å². The first kappa shape index (κ1) is 21.8. The third-order valence-electron chi connectivity index (χ3n) is 5.57. The molecule has 0 bridgehead atoms. The van der Waals surface area contributed by atoms with E-state index in [1.165, 1.54) is 11.8 Å². The topological polar surface area (TPSA) is 115 Å². The van der Waals surface area contributed by atoms with Crippen molar-refractivity contribution in [2.75, 3.05) is 32.5 Å². The molecule has 0 radical (unpaired) electrons. The maximum absolute atomic E-state index is 12.8. The van der Waals surface area contributed by atoms with Gasteiger partial charge in [-0.1, -0.05) is 11.8 Å². The number of hydrogen-bond acceptors (Lipinski definition) is 8. The van der Waals surface area contributed by atoms with Gasteiger partial charge in [0.05, 0.1) is 23.8 Å². The third-order valence-corrected chi connectivity index (χ3v) is 6.88. The molecule has 0 saturated heterocycles. The molecule has 2 aliphatic rings. The Balaban J connectivity index is 1.42. The van der Waals surface area contributed by atoms with Crippen molar-refractivity contribution in [1.82, 2.24) is 20.0 Å². The van der Waals surface area contributed by atoms with Crippen molar-refractivity contribution in [2.45, 2.75) is 29.9 Å². The lowest BCUT2D eigenvalue weighted by molar-refractivity contribution is -0.129. The van der Waals surface area contributed by atoms with Crippen LogP contribution in [0, 0.1) is 5.92 Å². The summed E-state index contributed by atoms with van der Waals surface area (Å²) < 4.78 is 1.78. The number of aliphatic hydroxyl groups excluding tert-OH is 2. The highest BCUT2D eigenvalue weighted by Gasteiger charge is 2.50. The number of carbonyl (C=O) groups excluding carboxylic acids is 1. The fourth-order valence-electron chi connectivity index (χ4n) is 3.88. The van der Waals surface area contributed by atoms with E-state index in [4.69, 9.17) is 0 Å². The maximum atomic E-state index is 12.8. The minimum absolute atomic E-state index is 0.102. The van der Waals surface area contributed by atoms with Crippen LogP contribution >= 0.6 is 11.8 Å². The number of carbonyl (C=O) groups is 1. The molecule has 2 heterocycles. The number of hydrogen-bond donors (Lipinski definition) is 4. The number of nitrogens with zero attached hydrogens (tertiary/aromatic N) is 4. The molecule has 5 atom stereocenters. The fraction of sp³-hybridized carbons (Fsp3) is 0.476. The number of anilines is 1. The molecular weight excluding hydrogens is 416 g/mol. The highest BCUT2D eigenvalue weighted by molar-refractivity contribution is 8.15. The zero-order valence-corrected chi connectivity index (χ0v) is 18.4. The highest BCUT2D eigenvalue weighted by Crippen LogP contribution is 2.41. The van der Waals surface area contributed by atoms with Gasteiger partial charge in [-0.2, -0.15) is 5.10 Å². The van der Waals surface area contributed by atoms with Gasteiger partial charge in [0.2, 0.25) is 5.91 Å². The normalized spacial score (nSPS) is 27.6. The minimum Gasteiger partial charge on any atom is -0.390 e. The molecule has 2 aromatic rings. The summed E-state index contributed by atoms with van der Waals surface area (Å²) in [6, 6.07) is 9.09. The second kappa shape index (κ2) is 9.39. The molecule has 9 nitrogen and oxygen atoms in total. The van der Waals surface area contributed by atoms with E-state index in [0.29, 0.717) is 11.7 Å². The van der Waals surface area contributed by atoms with Crippen LogP contribution in [0.4, 0.5) is 5.69 Å². The molecule has 4 rings (SSSR count). The summed E-state index contributed by atoms with van der Waals surface area (Å²) in [7, 11) is 3.90. The number of rotatable bonds is 6. The van der Waals surface area contributed by atoms with Crippen molar-refractivity contribution in [3.63, 3.8) is 0 Å². The lowest BCUT2D eigenvalue weighted by Crippen LogP contribution is -2.54. The SMILES string of the molecule is CN(C)CCNC(=O)[C@H]1C[C@@H](O)[C@H](O)[C@@H]2N=C(Nc3ccc(-n4cccn4)cc3)S[C@@H]21. The number of nitrogens with one attached hydrogen (secondary N) is 2. The number of benzene rings is 1. The Hall–Kier alpha value is -2.40. The second-order valence-corrected chi connectivity index (χ2v) is 9.29. The van der Waals surface area contributed by atoms with Crippen LogP contribution in [-0.2, 0) is 4.79 Å². The lowest BCUT2D eigenvalue weighted by Gasteiger charge is -2.37. The van der Waals surface area contributed by atoms with E-state index in [-0.39, 0.29) is 17.6 Å². The number of aliphatic hydroxyl groups is 2. The van der Waals surface area contributed by atoms with Gasteiger partial charge in [-0.3, -0.25) is 9.79 Å². The van der Waals surface area contributed by atoms with Gasteiger partial charge in [0.15, 0.2) is 5.17 Å². The first-order valence-corrected chi connectivity index (χ1v) is 11.2. The number of amides is 1. The summed E-state index contributed by atoms with van der Waals surface area (Å²) in [5, 5.41) is 31.6. The van der Waals surface area contributed by atoms with Crippen molar-refractivity contribution < 1.29 is 15.0 Å². The molecule has 10 heteroatoms. The first-order valence-electron chi connectivity index (χ1n) is 10.3. The molecule has 1 aliphatic carbocycles. The first-order chi connectivity index (χ1) is 14.9. The molecule has 31 heavy (non-hydrogen) atoms. The van der Waals surface area contributed by atoms with Gasteiger partial charge >= 0.3 is 0 Å². The van der Waals surface area contributed by atoms with Crippen molar-refractivity contribution in [3.05, 3.63) is 42.7 Å². The average Bonchev–Trinajstić information content (AvgIpc) is 3.41. The van der Waals surface area contributed by atoms with Gasteiger partial charge in [0, 0.05) is 36.4 Å². The summed E-state index contributed by atoms with van der Waals surface area (Å²) in [5.74, 6) is -0.517. The molecule has 1 aromatic carbocycles. The zero-order chi connectivity index (χ0) is 22.0. The smallest absolute Gasteiger partial charge is 0.224 e. The van der Waals surface area contributed by atoms with Crippen LogP contribution in [0.2, 0.25) is 0 Å². The van der Waals surface area contributed by atoms with Crippen molar-refractivity contribution in [3.8, 4) is 5.69 Å². The Labute approximate surface area is 185 Å². The summed E-state index contributed by atoms with van der Waals surface area (Å²) >= 11 is 1.45. The fourth-order valence-corrected chi connectivity index (χ4v) is 5.26. The summed E-state index contributed by atoms with van der Waals surface area (Å²) in [6.07, 6.45) is 1.88. The number of aliphatic imine (C=N–C) groups is 1. The van der Waals surface area contributed by atoms with Crippen LogP contribution in [0.15, 0.2) is 47.7 Å². The standard InChI is InChI=1S/C21H28N6O3S/c1-26(2)11-9-22-20(30)15-12-16(28)18(29)17-19(15)31-21(25-17)24-13-4-6-14(7-5-13)27-10-3-8-23-27/h3-8,10,15-19,28-29H,9,11-12H2,1-2H3,(H,22,30)(H,24,25)/t15-,16+,17-,18-,19+/m0/s1. The molecule has 0 unspecified atom stereocenters. The monoisotopic (exact) mass is 444 g/mol. The molecule has 0 spiro atoms. The van der Waals surface area contributed by atoms with Gasteiger partial charge in [0.1, 0.15) is 6.10 Å². The second-order valence-electron chi connectivity index (χ2n) is 8.12. The predicted octanol–water partition coefficient (Wildman–Crippen LogP) is 0.544. The van der Waals surface area contributed by atoms with Gasteiger partial charge < -0.3 is 25.7 Å².